The van der Waals surface area contributed by atoms with Gasteiger partial charge in [-0.3, -0.25) is 0 Å². The summed E-state index contributed by atoms with van der Waals surface area (Å²) in [6.07, 6.45) is 1.87. The smallest absolute Gasteiger partial charge is 0.120 e. The maximum atomic E-state index is 11.5. The van der Waals surface area contributed by atoms with Gasteiger partial charge in [-0.1, -0.05) is 67.6 Å². The van der Waals surface area contributed by atoms with Crippen LogP contribution in [0.2, 0.25) is 0 Å². The zero-order valence-electron chi connectivity index (χ0n) is 14.0. The van der Waals surface area contributed by atoms with Crippen molar-refractivity contribution in [1.29, 1.82) is 0 Å². The van der Waals surface area contributed by atoms with Gasteiger partial charge in [0.05, 0.1) is 27.2 Å². The Hall–Kier alpha value is -1.64. The summed E-state index contributed by atoms with van der Waals surface area (Å²) in [5.74, 6) is 0. The maximum absolute atomic E-state index is 11.5. The highest BCUT2D eigenvalue weighted by atomic mass is 16.3. The SMILES string of the molecule is CCC[N+](C)(C)CCC(O)(c1ccccc1)c1ccccc1. The molecule has 2 nitrogen and oxygen atoms in total. The van der Waals surface area contributed by atoms with Crippen molar-refractivity contribution < 1.29 is 9.59 Å². The summed E-state index contributed by atoms with van der Waals surface area (Å²) in [5.41, 5.74) is 1.02. The van der Waals surface area contributed by atoms with Gasteiger partial charge in [0.2, 0.25) is 0 Å². The molecule has 2 aromatic carbocycles. The van der Waals surface area contributed by atoms with Gasteiger partial charge in [-0.05, 0) is 17.5 Å². The second kappa shape index (κ2) is 7.08. The van der Waals surface area contributed by atoms with Crippen LogP contribution in [0.1, 0.15) is 30.9 Å². The van der Waals surface area contributed by atoms with Crippen molar-refractivity contribution in [3.05, 3.63) is 71.8 Å². The second-order valence-electron chi connectivity index (χ2n) is 6.73. The largest absolute Gasteiger partial charge is 0.380 e. The van der Waals surface area contributed by atoms with Crippen LogP contribution in [-0.2, 0) is 5.60 Å². The summed E-state index contributed by atoms with van der Waals surface area (Å²) < 4.78 is 0.929. The molecule has 118 valence electrons. The first-order chi connectivity index (χ1) is 10.5. The standard InChI is InChI=1S/C20H28NO/c1-4-16-21(2,3)17-15-20(22,18-11-7-5-8-12-18)19-13-9-6-10-14-19/h5-14,22H,4,15-17H2,1-3H3/q+1. The molecule has 0 spiro atoms. The molecule has 0 aliphatic carbocycles. The monoisotopic (exact) mass is 298 g/mol. The molecule has 0 saturated heterocycles. The highest BCUT2D eigenvalue weighted by molar-refractivity contribution is 5.35. The van der Waals surface area contributed by atoms with Crippen molar-refractivity contribution in [1.82, 2.24) is 0 Å². The summed E-state index contributed by atoms with van der Waals surface area (Å²) in [4.78, 5) is 0. The van der Waals surface area contributed by atoms with Gasteiger partial charge in [-0.2, -0.15) is 0 Å². The number of hydrogen-bond donors (Lipinski definition) is 1. The number of benzene rings is 2. The summed E-state index contributed by atoms with van der Waals surface area (Å²) in [6.45, 7) is 4.27. The number of rotatable bonds is 7. The normalized spacial score (nSPS) is 12.4. The van der Waals surface area contributed by atoms with E-state index in [1.807, 2.05) is 60.7 Å². The number of hydrogen-bond acceptors (Lipinski definition) is 1. The molecular formula is C20H28NO+. The van der Waals surface area contributed by atoms with E-state index in [9.17, 15) is 5.11 Å². The Kier molecular flexibility index (Phi) is 5.38. The molecule has 0 unspecified atom stereocenters. The molecule has 2 heteroatoms. The molecule has 2 aromatic rings. The number of nitrogens with zero attached hydrogens (tertiary/aromatic N) is 1. The predicted molar refractivity (Wildman–Crippen MR) is 92.6 cm³/mol. The van der Waals surface area contributed by atoms with Crippen molar-refractivity contribution >= 4 is 0 Å². The third kappa shape index (κ3) is 3.96. The van der Waals surface area contributed by atoms with Crippen LogP contribution in [0.15, 0.2) is 60.7 Å². The van der Waals surface area contributed by atoms with Gasteiger partial charge in [-0.15, -0.1) is 0 Å². The lowest BCUT2D eigenvalue weighted by Crippen LogP contribution is -2.44. The minimum Gasteiger partial charge on any atom is -0.380 e. The van der Waals surface area contributed by atoms with E-state index in [4.69, 9.17) is 0 Å². The van der Waals surface area contributed by atoms with Gasteiger partial charge in [0, 0.05) is 6.42 Å². The van der Waals surface area contributed by atoms with E-state index >= 15 is 0 Å². The number of quaternary nitrogens is 1. The molecule has 0 aromatic heterocycles. The van der Waals surface area contributed by atoms with Crippen molar-refractivity contribution in [2.75, 3.05) is 27.2 Å². The molecule has 0 aliphatic rings. The van der Waals surface area contributed by atoms with Gasteiger partial charge < -0.3 is 9.59 Å². The zero-order valence-corrected chi connectivity index (χ0v) is 14.0. The predicted octanol–water partition coefficient (Wildman–Crippen LogP) is 3.80. The fourth-order valence-corrected chi connectivity index (χ4v) is 3.06. The zero-order chi connectivity index (χ0) is 16.1. The van der Waals surface area contributed by atoms with Crippen molar-refractivity contribution in [2.24, 2.45) is 0 Å². The summed E-state index contributed by atoms with van der Waals surface area (Å²) in [7, 11) is 4.47. The van der Waals surface area contributed by atoms with E-state index in [0.29, 0.717) is 6.42 Å². The Labute approximate surface area is 134 Å². The first-order valence-corrected chi connectivity index (χ1v) is 8.13. The van der Waals surface area contributed by atoms with Crippen molar-refractivity contribution in [3.8, 4) is 0 Å². The van der Waals surface area contributed by atoms with E-state index in [2.05, 4.69) is 21.0 Å². The van der Waals surface area contributed by atoms with Crippen LogP contribution in [0, 0.1) is 0 Å². The lowest BCUT2D eigenvalue weighted by Gasteiger charge is -2.35. The molecule has 0 fully saturated rings. The molecule has 0 amide bonds. The molecular weight excluding hydrogens is 270 g/mol. The molecule has 0 aliphatic heterocycles. The third-order valence-corrected chi connectivity index (χ3v) is 4.41. The topological polar surface area (TPSA) is 20.2 Å². The summed E-state index contributed by atoms with van der Waals surface area (Å²) in [5, 5.41) is 11.5. The van der Waals surface area contributed by atoms with Crippen LogP contribution < -0.4 is 0 Å². The molecule has 0 heterocycles. The van der Waals surface area contributed by atoms with E-state index < -0.39 is 5.60 Å². The molecule has 2 rings (SSSR count). The Bertz CT molecular complexity index is 523. The van der Waals surface area contributed by atoms with Gasteiger partial charge in [0.25, 0.3) is 0 Å². The fourth-order valence-electron chi connectivity index (χ4n) is 3.06. The third-order valence-electron chi connectivity index (χ3n) is 4.41. The van der Waals surface area contributed by atoms with E-state index in [1.54, 1.807) is 0 Å². The molecule has 22 heavy (non-hydrogen) atoms. The van der Waals surface area contributed by atoms with Gasteiger partial charge in [0.15, 0.2) is 0 Å². The van der Waals surface area contributed by atoms with Gasteiger partial charge in [0.1, 0.15) is 5.60 Å². The molecule has 0 atom stereocenters. The minimum absolute atomic E-state index is 0.716. The Balaban J connectivity index is 2.31. The summed E-state index contributed by atoms with van der Waals surface area (Å²) >= 11 is 0. The van der Waals surface area contributed by atoms with E-state index in [1.165, 1.54) is 0 Å². The number of aliphatic hydroxyl groups is 1. The average Bonchev–Trinajstić information content (AvgIpc) is 2.54. The Morgan fingerprint density at radius 3 is 1.68 bits per heavy atom. The molecule has 0 saturated carbocycles. The second-order valence-corrected chi connectivity index (χ2v) is 6.73. The van der Waals surface area contributed by atoms with Gasteiger partial charge >= 0.3 is 0 Å². The highest BCUT2D eigenvalue weighted by Crippen LogP contribution is 2.33. The van der Waals surface area contributed by atoms with Crippen molar-refractivity contribution in [3.63, 3.8) is 0 Å². The first kappa shape index (κ1) is 16.7. The Morgan fingerprint density at radius 2 is 1.27 bits per heavy atom. The van der Waals surface area contributed by atoms with Crippen LogP contribution in [0.4, 0.5) is 0 Å². The van der Waals surface area contributed by atoms with E-state index in [0.717, 1.165) is 35.1 Å². The van der Waals surface area contributed by atoms with Crippen LogP contribution in [0.5, 0.6) is 0 Å². The van der Waals surface area contributed by atoms with E-state index in [-0.39, 0.29) is 0 Å². The minimum atomic E-state index is -0.925. The first-order valence-electron chi connectivity index (χ1n) is 8.13. The van der Waals surface area contributed by atoms with Gasteiger partial charge in [-0.25, -0.2) is 0 Å². The lowest BCUT2D eigenvalue weighted by atomic mass is 9.83. The molecule has 0 bridgehead atoms. The maximum Gasteiger partial charge on any atom is 0.120 e. The molecule has 1 N–H and O–H groups in total. The average molecular weight is 298 g/mol. The lowest BCUT2D eigenvalue weighted by molar-refractivity contribution is -0.891. The molecule has 0 radical (unpaired) electrons. The highest BCUT2D eigenvalue weighted by Gasteiger charge is 2.33. The van der Waals surface area contributed by atoms with Crippen LogP contribution in [0.3, 0.4) is 0 Å². The quantitative estimate of drug-likeness (QED) is 0.771. The summed E-state index contributed by atoms with van der Waals surface area (Å²) in [6, 6.07) is 20.0. The van der Waals surface area contributed by atoms with Crippen LogP contribution in [-0.4, -0.2) is 36.8 Å². The van der Waals surface area contributed by atoms with Crippen LogP contribution in [0.25, 0.3) is 0 Å². The van der Waals surface area contributed by atoms with Crippen molar-refractivity contribution in [2.45, 2.75) is 25.4 Å². The fraction of sp³-hybridized carbons (Fsp3) is 0.400. The van der Waals surface area contributed by atoms with Crippen LogP contribution >= 0.6 is 0 Å². The Morgan fingerprint density at radius 1 is 0.818 bits per heavy atom.